The number of carbonyl (C=O) groups is 1. The zero-order valence-corrected chi connectivity index (χ0v) is 18.7. The summed E-state index contributed by atoms with van der Waals surface area (Å²) in [5.41, 5.74) is 3.36. The van der Waals surface area contributed by atoms with Gasteiger partial charge in [0, 0.05) is 43.2 Å². The summed E-state index contributed by atoms with van der Waals surface area (Å²) < 4.78 is 10.8. The lowest BCUT2D eigenvalue weighted by atomic mass is 10.00. The summed E-state index contributed by atoms with van der Waals surface area (Å²) in [6.07, 6.45) is 8.94. The van der Waals surface area contributed by atoms with Crippen molar-refractivity contribution in [2.75, 3.05) is 20.8 Å². The lowest BCUT2D eigenvalue weighted by Gasteiger charge is -2.27. The molecule has 0 unspecified atom stereocenters. The maximum Gasteiger partial charge on any atom is 0.258 e. The summed E-state index contributed by atoms with van der Waals surface area (Å²) in [4.78, 5) is 29.2. The predicted octanol–water partition coefficient (Wildman–Crippen LogP) is 4.49. The summed E-state index contributed by atoms with van der Waals surface area (Å²) >= 11 is 0. The molecule has 1 aromatic carbocycles. The summed E-state index contributed by atoms with van der Waals surface area (Å²) in [5.74, 6) is 1.89. The number of hydrogen-bond acceptors (Lipinski definition) is 6. The van der Waals surface area contributed by atoms with E-state index in [0.29, 0.717) is 23.6 Å². The topological polar surface area (TPSA) is 77.4 Å². The van der Waals surface area contributed by atoms with Gasteiger partial charge in [-0.05, 0) is 49.1 Å². The number of ether oxygens (including phenoxy) is 2. The average Bonchev–Trinajstić information content (AvgIpc) is 3.34. The van der Waals surface area contributed by atoms with E-state index in [1.807, 2.05) is 23.2 Å². The lowest BCUT2D eigenvalue weighted by Crippen LogP contribution is -2.31. The second-order valence-corrected chi connectivity index (χ2v) is 7.79. The van der Waals surface area contributed by atoms with E-state index >= 15 is 0 Å². The summed E-state index contributed by atoms with van der Waals surface area (Å²) in [6.45, 7) is 2.78. The highest BCUT2D eigenvalue weighted by molar-refractivity contribution is 5.97. The van der Waals surface area contributed by atoms with Crippen LogP contribution in [0.5, 0.6) is 11.5 Å². The SMILES string of the molecule is CCCc1ncc(-c2ccncc2)c([C@H]2CCCN2C(=O)c2ccc(OC)cc2OC)n1. The number of aromatic nitrogens is 3. The minimum Gasteiger partial charge on any atom is -0.497 e. The van der Waals surface area contributed by atoms with Crippen molar-refractivity contribution in [2.45, 2.75) is 38.6 Å². The number of amides is 1. The molecule has 0 spiro atoms. The van der Waals surface area contributed by atoms with Crippen molar-refractivity contribution in [2.24, 2.45) is 0 Å². The predicted molar refractivity (Wildman–Crippen MR) is 122 cm³/mol. The van der Waals surface area contributed by atoms with E-state index in [4.69, 9.17) is 14.5 Å². The van der Waals surface area contributed by atoms with Crippen LogP contribution in [0.15, 0.2) is 48.9 Å². The molecule has 0 N–H and O–H groups in total. The van der Waals surface area contributed by atoms with Crippen molar-refractivity contribution in [1.82, 2.24) is 19.9 Å². The van der Waals surface area contributed by atoms with E-state index < -0.39 is 0 Å². The highest BCUT2D eigenvalue weighted by atomic mass is 16.5. The van der Waals surface area contributed by atoms with Crippen molar-refractivity contribution in [1.29, 1.82) is 0 Å². The van der Waals surface area contributed by atoms with Crippen LogP contribution < -0.4 is 9.47 Å². The summed E-state index contributed by atoms with van der Waals surface area (Å²) in [6, 6.07) is 9.07. The van der Waals surface area contributed by atoms with Crippen LogP contribution in [0.2, 0.25) is 0 Å². The molecule has 166 valence electrons. The third-order valence-electron chi connectivity index (χ3n) is 5.80. The van der Waals surface area contributed by atoms with Crippen molar-refractivity contribution in [3.63, 3.8) is 0 Å². The number of pyridine rings is 1. The molecule has 7 heteroatoms. The highest BCUT2D eigenvalue weighted by Gasteiger charge is 2.34. The van der Waals surface area contributed by atoms with Gasteiger partial charge in [-0.25, -0.2) is 9.97 Å². The van der Waals surface area contributed by atoms with Gasteiger partial charge in [-0.2, -0.15) is 0 Å². The Morgan fingerprint density at radius 1 is 1.16 bits per heavy atom. The van der Waals surface area contributed by atoms with Gasteiger partial charge < -0.3 is 14.4 Å². The van der Waals surface area contributed by atoms with E-state index in [1.54, 1.807) is 44.8 Å². The molecule has 1 fully saturated rings. The molecular weight excluding hydrogens is 404 g/mol. The lowest BCUT2D eigenvalue weighted by molar-refractivity contribution is 0.0729. The van der Waals surface area contributed by atoms with Crippen molar-refractivity contribution < 1.29 is 14.3 Å². The van der Waals surface area contributed by atoms with Crippen LogP contribution in [-0.2, 0) is 6.42 Å². The van der Waals surface area contributed by atoms with Gasteiger partial charge in [0.2, 0.25) is 0 Å². The molecule has 7 nitrogen and oxygen atoms in total. The fourth-order valence-corrected chi connectivity index (χ4v) is 4.21. The van der Waals surface area contributed by atoms with E-state index in [9.17, 15) is 4.79 Å². The largest absolute Gasteiger partial charge is 0.497 e. The maximum absolute atomic E-state index is 13.6. The normalized spacial score (nSPS) is 15.6. The molecule has 2 aromatic heterocycles. The number of aryl methyl sites for hydroxylation is 1. The van der Waals surface area contributed by atoms with Crippen LogP contribution in [0.25, 0.3) is 11.1 Å². The molecule has 0 saturated carbocycles. The molecule has 0 aliphatic carbocycles. The first-order chi connectivity index (χ1) is 15.7. The first kappa shape index (κ1) is 21.7. The number of carbonyl (C=O) groups excluding carboxylic acids is 1. The van der Waals surface area contributed by atoms with E-state index in [1.165, 1.54) is 0 Å². The minimum absolute atomic E-state index is 0.0664. The Balaban J connectivity index is 1.75. The fraction of sp³-hybridized carbons (Fsp3) is 0.360. The highest BCUT2D eigenvalue weighted by Crippen LogP contribution is 2.38. The Hall–Kier alpha value is -3.48. The average molecular weight is 433 g/mol. The van der Waals surface area contributed by atoms with Gasteiger partial charge in [-0.15, -0.1) is 0 Å². The maximum atomic E-state index is 13.6. The number of methoxy groups -OCH3 is 2. The van der Waals surface area contributed by atoms with Gasteiger partial charge >= 0.3 is 0 Å². The third-order valence-corrected chi connectivity index (χ3v) is 5.80. The van der Waals surface area contributed by atoms with Crippen molar-refractivity contribution in [3.05, 3.63) is 66.0 Å². The second-order valence-electron chi connectivity index (χ2n) is 7.79. The van der Waals surface area contributed by atoms with Crippen LogP contribution in [0.3, 0.4) is 0 Å². The molecule has 1 saturated heterocycles. The first-order valence-corrected chi connectivity index (χ1v) is 11.0. The van der Waals surface area contributed by atoms with Gasteiger partial charge in [-0.1, -0.05) is 6.92 Å². The van der Waals surface area contributed by atoms with Crippen LogP contribution in [0.1, 0.15) is 54.1 Å². The third kappa shape index (κ3) is 4.28. The fourth-order valence-electron chi connectivity index (χ4n) is 4.21. The van der Waals surface area contributed by atoms with Gasteiger partial charge in [0.25, 0.3) is 5.91 Å². The van der Waals surface area contributed by atoms with Gasteiger partial charge in [0.15, 0.2) is 0 Å². The molecule has 3 aromatic rings. The number of hydrogen-bond donors (Lipinski definition) is 0. The number of nitrogens with zero attached hydrogens (tertiary/aromatic N) is 4. The van der Waals surface area contributed by atoms with Gasteiger partial charge in [0.1, 0.15) is 17.3 Å². The Morgan fingerprint density at radius 3 is 2.69 bits per heavy atom. The zero-order chi connectivity index (χ0) is 22.5. The molecule has 0 radical (unpaired) electrons. The van der Waals surface area contributed by atoms with Crippen molar-refractivity contribution in [3.8, 4) is 22.6 Å². The standard InChI is InChI=1S/C25H28N4O3/c1-4-6-23-27-16-20(17-10-12-26-13-11-17)24(28-23)21-7-5-14-29(21)25(30)19-9-8-18(31-2)15-22(19)32-3/h8-13,15-16,21H,4-7,14H2,1-3H3/t21-/m1/s1. The molecule has 1 aliphatic rings. The molecule has 0 bridgehead atoms. The Labute approximate surface area is 188 Å². The summed E-state index contributed by atoms with van der Waals surface area (Å²) in [5, 5.41) is 0. The molecule has 1 atom stereocenters. The molecule has 1 amide bonds. The summed E-state index contributed by atoms with van der Waals surface area (Å²) in [7, 11) is 3.16. The Kier molecular flexibility index (Phi) is 6.63. The van der Waals surface area contributed by atoms with E-state index in [-0.39, 0.29) is 11.9 Å². The minimum atomic E-state index is -0.129. The monoisotopic (exact) mass is 432 g/mol. The number of rotatable bonds is 7. The molecular formula is C25H28N4O3. The molecule has 3 heterocycles. The van der Waals surface area contributed by atoms with Crippen LogP contribution in [0.4, 0.5) is 0 Å². The number of likely N-dealkylation sites (tertiary alicyclic amines) is 1. The quantitative estimate of drug-likeness (QED) is 0.548. The smallest absolute Gasteiger partial charge is 0.258 e. The van der Waals surface area contributed by atoms with Crippen LogP contribution in [0, 0.1) is 0 Å². The Morgan fingerprint density at radius 2 is 1.97 bits per heavy atom. The van der Waals surface area contributed by atoms with E-state index in [0.717, 1.165) is 48.3 Å². The first-order valence-electron chi connectivity index (χ1n) is 11.0. The van der Waals surface area contributed by atoms with Gasteiger partial charge in [-0.3, -0.25) is 9.78 Å². The van der Waals surface area contributed by atoms with E-state index in [2.05, 4.69) is 16.9 Å². The Bertz CT molecular complexity index is 1090. The van der Waals surface area contributed by atoms with Crippen LogP contribution in [-0.4, -0.2) is 46.5 Å². The zero-order valence-electron chi connectivity index (χ0n) is 18.7. The van der Waals surface area contributed by atoms with Crippen LogP contribution >= 0.6 is 0 Å². The molecule has 1 aliphatic heterocycles. The van der Waals surface area contributed by atoms with Gasteiger partial charge in [0.05, 0.1) is 31.5 Å². The second kappa shape index (κ2) is 9.77. The molecule has 4 rings (SSSR count). The number of benzene rings is 1. The van der Waals surface area contributed by atoms with Crippen molar-refractivity contribution >= 4 is 5.91 Å². The molecule has 32 heavy (non-hydrogen) atoms.